The van der Waals surface area contributed by atoms with Gasteiger partial charge in [-0.2, -0.15) is 5.10 Å². The Bertz CT molecular complexity index is 1130. The van der Waals surface area contributed by atoms with Gasteiger partial charge in [-0.05, 0) is 38.3 Å². The van der Waals surface area contributed by atoms with Crippen molar-refractivity contribution >= 4 is 40.3 Å². The van der Waals surface area contributed by atoms with E-state index in [9.17, 15) is 0 Å². The van der Waals surface area contributed by atoms with E-state index < -0.39 is 0 Å². The molecule has 0 saturated carbocycles. The molecule has 7 nitrogen and oxygen atoms in total. The van der Waals surface area contributed by atoms with Crippen molar-refractivity contribution in [2.75, 3.05) is 12.4 Å². The fourth-order valence-corrected chi connectivity index (χ4v) is 3.89. The quantitative estimate of drug-likeness (QED) is 0.555. The number of halogens is 1. The van der Waals surface area contributed by atoms with E-state index in [1.807, 2.05) is 48.3 Å². The highest BCUT2D eigenvalue weighted by Gasteiger charge is 2.26. The van der Waals surface area contributed by atoms with Gasteiger partial charge in [-0.3, -0.25) is 0 Å². The second-order valence-electron chi connectivity index (χ2n) is 7.41. The number of nitrogens with one attached hydrogen (secondary N) is 3. The van der Waals surface area contributed by atoms with E-state index in [2.05, 4.69) is 34.6 Å². The minimum atomic E-state index is 0.208. The Hall–Kier alpha value is -3.19. The molecule has 3 aromatic rings. The molecule has 0 unspecified atom stereocenters. The largest absolute Gasteiger partial charge is 0.387 e. The van der Waals surface area contributed by atoms with Crippen LogP contribution < -0.4 is 10.6 Å². The van der Waals surface area contributed by atoms with Gasteiger partial charge < -0.3 is 16.0 Å². The Kier molecular flexibility index (Phi) is 5.55. The van der Waals surface area contributed by atoms with E-state index >= 15 is 0 Å². The highest BCUT2D eigenvalue weighted by atomic mass is 35.5. The maximum atomic E-state index is 8.65. The fraction of sp³-hybridized carbons (Fsp3) is 0.273. The fourth-order valence-electron chi connectivity index (χ4n) is 3.66. The van der Waals surface area contributed by atoms with E-state index in [-0.39, 0.29) is 6.04 Å². The van der Waals surface area contributed by atoms with Gasteiger partial charge in [-0.25, -0.2) is 14.6 Å². The number of benzene rings is 1. The topological polar surface area (TPSA) is 91.5 Å². The summed E-state index contributed by atoms with van der Waals surface area (Å²) < 4.78 is 1.88. The molecule has 0 saturated heterocycles. The smallest absolute Gasteiger partial charge is 0.228 e. The summed E-state index contributed by atoms with van der Waals surface area (Å²) in [4.78, 5) is 9.30. The number of aryl methyl sites for hydroxylation is 1. The van der Waals surface area contributed by atoms with Crippen LogP contribution in [0.3, 0.4) is 0 Å². The first kappa shape index (κ1) is 20.1. The Morgan fingerprint density at radius 1 is 1.20 bits per heavy atom. The van der Waals surface area contributed by atoms with Crippen LogP contribution in [0, 0.1) is 5.41 Å². The molecule has 0 aliphatic heterocycles. The molecular weight excluding hydrogens is 398 g/mol. The van der Waals surface area contributed by atoms with Gasteiger partial charge in [0.25, 0.3) is 0 Å². The molecule has 0 bridgehead atoms. The zero-order chi connectivity index (χ0) is 21.3. The molecule has 8 heteroatoms. The molecular formula is C22H24ClN7. The van der Waals surface area contributed by atoms with Gasteiger partial charge in [-0.15, -0.1) is 0 Å². The van der Waals surface area contributed by atoms with Gasteiger partial charge in [0.15, 0.2) is 0 Å². The lowest BCUT2D eigenvalue weighted by atomic mass is 9.87. The first-order chi connectivity index (χ1) is 14.5. The summed E-state index contributed by atoms with van der Waals surface area (Å²) in [7, 11) is 1.84. The molecule has 0 radical (unpaired) electrons. The first-order valence-corrected chi connectivity index (χ1v) is 10.3. The molecule has 2 aromatic heterocycles. The molecule has 1 aliphatic rings. The third kappa shape index (κ3) is 3.68. The lowest BCUT2D eigenvalue weighted by Gasteiger charge is -2.23. The SMILES string of the molecule is CN/C(=C1\C(=N)CCc2cnc(Nc3ccnn3C(C)C)nc21)c1ccccc1Cl. The third-order valence-electron chi connectivity index (χ3n) is 5.09. The highest BCUT2D eigenvalue weighted by molar-refractivity contribution is 6.35. The average Bonchev–Trinajstić information content (AvgIpc) is 3.20. The van der Waals surface area contributed by atoms with Crippen LogP contribution in [0.4, 0.5) is 11.8 Å². The van der Waals surface area contributed by atoms with E-state index in [1.54, 1.807) is 6.20 Å². The van der Waals surface area contributed by atoms with Crippen LogP contribution in [-0.4, -0.2) is 32.5 Å². The van der Waals surface area contributed by atoms with Crippen molar-refractivity contribution in [3.8, 4) is 0 Å². The second-order valence-corrected chi connectivity index (χ2v) is 7.81. The normalized spacial score (nSPS) is 15.2. The molecule has 1 aromatic carbocycles. The first-order valence-electron chi connectivity index (χ1n) is 9.91. The van der Waals surface area contributed by atoms with E-state index in [0.29, 0.717) is 23.1 Å². The Morgan fingerprint density at radius 2 is 2.00 bits per heavy atom. The molecule has 2 heterocycles. The number of rotatable bonds is 5. The molecule has 0 fully saturated rings. The summed E-state index contributed by atoms with van der Waals surface area (Å²) in [5, 5.41) is 20.1. The second kappa shape index (κ2) is 8.28. The number of allylic oxidation sites excluding steroid dienone is 1. The maximum absolute atomic E-state index is 8.65. The van der Waals surface area contributed by atoms with Gasteiger partial charge in [0, 0.05) is 47.2 Å². The van der Waals surface area contributed by atoms with Gasteiger partial charge in [0.2, 0.25) is 5.95 Å². The Balaban J connectivity index is 1.83. The summed E-state index contributed by atoms with van der Waals surface area (Å²) in [6, 6.07) is 9.73. The van der Waals surface area contributed by atoms with Gasteiger partial charge in [0.05, 0.1) is 17.6 Å². The third-order valence-corrected chi connectivity index (χ3v) is 5.42. The Labute approximate surface area is 180 Å². The van der Waals surface area contributed by atoms with Crippen LogP contribution in [0.1, 0.15) is 43.1 Å². The maximum Gasteiger partial charge on any atom is 0.228 e. The minimum Gasteiger partial charge on any atom is -0.387 e. The number of fused-ring (bicyclic) bond motifs is 1. The summed E-state index contributed by atoms with van der Waals surface area (Å²) in [6.45, 7) is 4.13. The monoisotopic (exact) mass is 421 g/mol. The lowest BCUT2D eigenvalue weighted by molar-refractivity contribution is 0.539. The van der Waals surface area contributed by atoms with Crippen molar-refractivity contribution in [2.45, 2.75) is 32.7 Å². The van der Waals surface area contributed by atoms with Crippen LogP contribution in [0.2, 0.25) is 5.02 Å². The molecule has 0 spiro atoms. The molecule has 0 atom stereocenters. The number of hydrogen-bond donors (Lipinski definition) is 3. The van der Waals surface area contributed by atoms with Crippen LogP contribution >= 0.6 is 11.6 Å². The molecule has 154 valence electrons. The number of hydrogen-bond acceptors (Lipinski definition) is 6. The van der Waals surface area contributed by atoms with Crippen molar-refractivity contribution in [1.29, 1.82) is 5.41 Å². The Morgan fingerprint density at radius 3 is 2.73 bits per heavy atom. The zero-order valence-corrected chi connectivity index (χ0v) is 18.0. The summed E-state index contributed by atoms with van der Waals surface area (Å²) in [6.07, 6.45) is 4.96. The molecule has 4 rings (SSSR count). The summed E-state index contributed by atoms with van der Waals surface area (Å²) in [5.74, 6) is 1.29. The van der Waals surface area contributed by atoms with Crippen LogP contribution in [-0.2, 0) is 6.42 Å². The molecule has 3 N–H and O–H groups in total. The van der Waals surface area contributed by atoms with Crippen molar-refractivity contribution in [1.82, 2.24) is 25.1 Å². The molecule has 0 amide bonds. The van der Waals surface area contributed by atoms with Crippen molar-refractivity contribution in [3.63, 3.8) is 0 Å². The number of anilines is 2. The zero-order valence-electron chi connectivity index (χ0n) is 17.2. The predicted octanol–water partition coefficient (Wildman–Crippen LogP) is 4.70. The van der Waals surface area contributed by atoms with Crippen molar-refractivity contribution < 1.29 is 0 Å². The van der Waals surface area contributed by atoms with E-state index in [0.717, 1.165) is 40.3 Å². The average molecular weight is 422 g/mol. The van der Waals surface area contributed by atoms with Crippen molar-refractivity contribution in [3.05, 3.63) is 64.6 Å². The van der Waals surface area contributed by atoms with Crippen LogP contribution in [0.25, 0.3) is 11.3 Å². The highest BCUT2D eigenvalue weighted by Crippen LogP contribution is 2.35. The van der Waals surface area contributed by atoms with Gasteiger partial charge >= 0.3 is 0 Å². The summed E-state index contributed by atoms with van der Waals surface area (Å²) >= 11 is 6.47. The van der Waals surface area contributed by atoms with E-state index in [1.165, 1.54) is 0 Å². The molecule has 30 heavy (non-hydrogen) atoms. The van der Waals surface area contributed by atoms with Crippen molar-refractivity contribution in [2.24, 2.45) is 0 Å². The van der Waals surface area contributed by atoms with Crippen LogP contribution in [0.5, 0.6) is 0 Å². The molecule has 1 aliphatic carbocycles. The summed E-state index contributed by atoms with van der Waals surface area (Å²) in [5.41, 5.74) is 4.70. The van der Waals surface area contributed by atoms with E-state index in [4.69, 9.17) is 22.0 Å². The standard InChI is InChI=1S/C22H24ClN7/c1-13(2)30-18(10-11-27-30)28-22-26-12-14-8-9-17(24)19(20(14)29-22)21(25-3)15-6-4-5-7-16(15)23/h4-7,10-13,24-25H,8-9H2,1-3H3,(H,26,28,29)/b21-19+,24-17?. The predicted molar refractivity (Wildman–Crippen MR) is 121 cm³/mol. The number of nitrogens with zero attached hydrogens (tertiary/aromatic N) is 4. The van der Waals surface area contributed by atoms with Gasteiger partial charge in [-0.1, -0.05) is 29.8 Å². The van der Waals surface area contributed by atoms with Gasteiger partial charge in [0.1, 0.15) is 5.82 Å². The lowest BCUT2D eigenvalue weighted by Crippen LogP contribution is -2.20. The number of aromatic nitrogens is 4. The van der Waals surface area contributed by atoms with Crippen LogP contribution in [0.15, 0.2) is 42.7 Å². The minimum absolute atomic E-state index is 0.208.